The average molecular weight is 530 g/mol. The standard InChI is InChI=1S/C21H24F6N2O5S/c1-32-13-33-8-3-7-29-19(21(25,26)27)12-17(28-29)18-11-16(6-9-34-18)35(30,31)15-5-2-4-14(10-15)20(22,23)24/h2,4-5,10,12,16,18H,3,6-9,11,13H2,1H3. The average Bonchev–Trinajstić information content (AvgIpc) is 3.23. The second-order valence-corrected chi connectivity index (χ2v) is 10.1. The molecule has 0 saturated carbocycles. The Morgan fingerprint density at radius 2 is 1.89 bits per heavy atom. The molecule has 1 aromatic heterocycles. The first kappa shape index (κ1) is 27.4. The molecule has 2 atom stereocenters. The van der Waals surface area contributed by atoms with E-state index in [9.17, 15) is 34.8 Å². The van der Waals surface area contributed by atoms with Crippen LogP contribution in [0.3, 0.4) is 0 Å². The van der Waals surface area contributed by atoms with Gasteiger partial charge in [0.15, 0.2) is 9.84 Å². The number of sulfone groups is 1. The molecule has 1 aromatic carbocycles. The molecule has 196 valence electrons. The number of nitrogens with zero attached hydrogens (tertiary/aromatic N) is 2. The molecule has 7 nitrogen and oxygen atoms in total. The lowest BCUT2D eigenvalue weighted by atomic mass is 10.1. The second kappa shape index (κ2) is 10.8. The summed E-state index contributed by atoms with van der Waals surface area (Å²) in [6.07, 6.45) is -10.6. The first-order valence-corrected chi connectivity index (χ1v) is 12.1. The van der Waals surface area contributed by atoms with Crippen LogP contribution in [-0.4, -0.2) is 50.6 Å². The Kier molecular flexibility index (Phi) is 8.50. The van der Waals surface area contributed by atoms with Gasteiger partial charge in [-0.3, -0.25) is 4.68 Å². The van der Waals surface area contributed by atoms with Crippen molar-refractivity contribution in [3.8, 4) is 0 Å². The Labute approximate surface area is 197 Å². The number of rotatable bonds is 9. The summed E-state index contributed by atoms with van der Waals surface area (Å²) in [5.74, 6) is 0. The smallest absolute Gasteiger partial charge is 0.372 e. The van der Waals surface area contributed by atoms with E-state index in [2.05, 4.69) is 5.10 Å². The van der Waals surface area contributed by atoms with Gasteiger partial charge in [0.05, 0.1) is 28.0 Å². The van der Waals surface area contributed by atoms with Gasteiger partial charge in [-0.2, -0.15) is 31.4 Å². The summed E-state index contributed by atoms with van der Waals surface area (Å²) in [5, 5.41) is 2.85. The van der Waals surface area contributed by atoms with Crippen LogP contribution < -0.4 is 0 Å². The molecule has 1 fully saturated rings. The molecule has 2 heterocycles. The highest BCUT2D eigenvalue weighted by Gasteiger charge is 2.40. The van der Waals surface area contributed by atoms with E-state index >= 15 is 0 Å². The molecule has 1 aliphatic heterocycles. The van der Waals surface area contributed by atoms with Crippen molar-refractivity contribution in [3.05, 3.63) is 47.3 Å². The van der Waals surface area contributed by atoms with Gasteiger partial charge >= 0.3 is 12.4 Å². The van der Waals surface area contributed by atoms with E-state index < -0.39 is 49.7 Å². The van der Waals surface area contributed by atoms with Crippen LogP contribution in [0.5, 0.6) is 0 Å². The van der Waals surface area contributed by atoms with Crippen LogP contribution in [0.2, 0.25) is 0 Å². The van der Waals surface area contributed by atoms with Crippen molar-refractivity contribution < 1.29 is 49.0 Å². The van der Waals surface area contributed by atoms with Gasteiger partial charge in [0, 0.05) is 20.3 Å². The molecule has 3 rings (SSSR count). The first-order valence-electron chi connectivity index (χ1n) is 10.6. The Bertz CT molecular complexity index is 1100. The third kappa shape index (κ3) is 6.74. The van der Waals surface area contributed by atoms with Crippen LogP contribution in [0.4, 0.5) is 26.3 Å². The third-order valence-electron chi connectivity index (χ3n) is 5.44. The minimum absolute atomic E-state index is 0.00581. The Hall–Kier alpha value is -2.16. The van der Waals surface area contributed by atoms with Gasteiger partial charge in [-0.15, -0.1) is 0 Å². The molecule has 2 unspecified atom stereocenters. The fourth-order valence-corrected chi connectivity index (χ4v) is 5.53. The zero-order chi connectivity index (χ0) is 25.9. The minimum atomic E-state index is -4.72. The zero-order valence-electron chi connectivity index (χ0n) is 18.6. The van der Waals surface area contributed by atoms with Gasteiger partial charge in [0.2, 0.25) is 0 Å². The van der Waals surface area contributed by atoms with Crippen LogP contribution in [-0.2, 0) is 42.9 Å². The molecule has 0 aliphatic carbocycles. The predicted octanol–water partition coefficient (Wildman–Crippen LogP) is 4.63. The number of halogens is 6. The third-order valence-corrected chi connectivity index (χ3v) is 7.66. The van der Waals surface area contributed by atoms with Gasteiger partial charge in [-0.25, -0.2) is 8.42 Å². The van der Waals surface area contributed by atoms with Crippen LogP contribution >= 0.6 is 0 Å². The highest BCUT2D eigenvalue weighted by molar-refractivity contribution is 7.92. The molecule has 14 heteroatoms. The Morgan fingerprint density at radius 1 is 1.14 bits per heavy atom. The molecule has 0 spiro atoms. The number of hydrogen-bond donors (Lipinski definition) is 0. The molecular formula is C21H24F6N2O5S. The zero-order valence-corrected chi connectivity index (χ0v) is 19.4. The maximum Gasteiger partial charge on any atom is 0.433 e. The molecule has 2 aromatic rings. The summed E-state index contributed by atoms with van der Waals surface area (Å²) < 4.78 is 122. The predicted molar refractivity (Wildman–Crippen MR) is 110 cm³/mol. The molecule has 0 amide bonds. The molecule has 0 bridgehead atoms. The molecule has 0 radical (unpaired) electrons. The van der Waals surface area contributed by atoms with Gasteiger partial charge in [0.25, 0.3) is 0 Å². The quantitative estimate of drug-likeness (QED) is 0.267. The van der Waals surface area contributed by atoms with Crippen molar-refractivity contribution in [2.45, 2.75) is 54.4 Å². The van der Waals surface area contributed by atoms with Gasteiger partial charge in [0.1, 0.15) is 18.6 Å². The number of aryl methyl sites for hydroxylation is 1. The van der Waals surface area contributed by atoms with E-state index in [1.807, 2.05) is 0 Å². The van der Waals surface area contributed by atoms with E-state index in [4.69, 9.17) is 14.2 Å². The molecular weight excluding hydrogens is 506 g/mol. The van der Waals surface area contributed by atoms with Crippen molar-refractivity contribution in [1.29, 1.82) is 0 Å². The maximum absolute atomic E-state index is 13.5. The van der Waals surface area contributed by atoms with Crippen LogP contribution in [0.1, 0.15) is 42.3 Å². The SMILES string of the molecule is COCOCCCn1nc(C2CC(S(=O)(=O)c3cccc(C(F)(F)F)c3)CCO2)cc1C(F)(F)F. The first-order chi connectivity index (χ1) is 16.3. The molecule has 1 saturated heterocycles. The van der Waals surface area contributed by atoms with Crippen molar-refractivity contribution in [2.24, 2.45) is 0 Å². The molecule has 1 aliphatic rings. The van der Waals surface area contributed by atoms with E-state index in [1.54, 1.807) is 0 Å². The molecule has 35 heavy (non-hydrogen) atoms. The van der Waals surface area contributed by atoms with Gasteiger partial charge in [-0.05, 0) is 43.5 Å². The van der Waals surface area contributed by atoms with Gasteiger partial charge in [-0.1, -0.05) is 6.07 Å². The fraction of sp³-hybridized carbons (Fsp3) is 0.571. The van der Waals surface area contributed by atoms with Crippen molar-refractivity contribution in [2.75, 3.05) is 27.1 Å². The lowest BCUT2D eigenvalue weighted by molar-refractivity contribution is -0.144. The van der Waals surface area contributed by atoms with Crippen molar-refractivity contribution >= 4 is 9.84 Å². The topological polar surface area (TPSA) is 79.7 Å². The normalized spacial score (nSPS) is 19.7. The lowest BCUT2D eigenvalue weighted by Crippen LogP contribution is -2.31. The summed E-state index contributed by atoms with van der Waals surface area (Å²) in [5.41, 5.74) is -2.23. The lowest BCUT2D eigenvalue weighted by Gasteiger charge is -2.28. The van der Waals surface area contributed by atoms with E-state index in [1.165, 1.54) is 7.11 Å². The molecule has 0 N–H and O–H groups in total. The number of methoxy groups -OCH3 is 1. The van der Waals surface area contributed by atoms with Crippen LogP contribution in [0.15, 0.2) is 35.2 Å². The summed E-state index contributed by atoms with van der Waals surface area (Å²) in [6, 6.07) is 4.19. The number of hydrogen-bond acceptors (Lipinski definition) is 6. The highest BCUT2D eigenvalue weighted by Crippen LogP contribution is 2.38. The Morgan fingerprint density at radius 3 is 2.54 bits per heavy atom. The number of benzene rings is 1. The van der Waals surface area contributed by atoms with Crippen molar-refractivity contribution in [1.82, 2.24) is 9.78 Å². The maximum atomic E-state index is 13.5. The Balaban J connectivity index is 1.80. The largest absolute Gasteiger partial charge is 0.433 e. The van der Waals surface area contributed by atoms with Crippen molar-refractivity contribution in [3.63, 3.8) is 0 Å². The van der Waals surface area contributed by atoms with Crippen LogP contribution in [0, 0.1) is 0 Å². The number of aromatic nitrogens is 2. The highest BCUT2D eigenvalue weighted by atomic mass is 32.2. The minimum Gasteiger partial charge on any atom is -0.372 e. The van der Waals surface area contributed by atoms with E-state index in [0.717, 1.165) is 28.9 Å². The summed E-state index contributed by atoms with van der Waals surface area (Å²) in [7, 11) is -2.80. The number of alkyl halides is 6. The number of ether oxygens (including phenoxy) is 3. The van der Waals surface area contributed by atoms with E-state index in [-0.39, 0.29) is 51.5 Å². The summed E-state index contributed by atoms with van der Waals surface area (Å²) in [6.45, 7) is -0.0878. The van der Waals surface area contributed by atoms with Gasteiger partial charge < -0.3 is 14.2 Å². The summed E-state index contributed by atoms with van der Waals surface area (Å²) >= 11 is 0. The summed E-state index contributed by atoms with van der Waals surface area (Å²) in [4.78, 5) is -0.504. The van der Waals surface area contributed by atoms with Crippen LogP contribution in [0.25, 0.3) is 0 Å². The van der Waals surface area contributed by atoms with E-state index in [0.29, 0.717) is 6.07 Å². The monoisotopic (exact) mass is 530 g/mol. The fourth-order valence-electron chi connectivity index (χ4n) is 3.75. The second-order valence-electron chi connectivity index (χ2n) is 7.92.